The highest BCUT2D eigenvalue weighted by atomic mass is 28.4. The van der Waals surface area contributed by atoms with Gasteiger partial charge >= 0.3 is 8.80 Å². The zero-order valence-electron chi connectivity index (χ0n) is 19.3. The van der Waals surface area contributed by atoms with Gasteiger partial charge < -0.3 is 13.3 Å². The maximum absolute atomic E-state index is 6.13. The van der Waals surface area contributed by atoms with Crippen LogP contribution in [-0.4, -0.2) is 28.1 Å². The largest absolute Gasteiger partial charge is 0.497 e. The van der Waals surface area contributed by atoms with Gasteiger partial charge in [-0.1, -0.05) is 96.8 Å². The summed E-state index contributed by atoms with van der Waals surface area (Å²) in [7, 11) is -2.42. The van der Waals surface area contributed by atoms with Crippen molar-refractivity contribution in [2.24, 2.45) is 0 Å². The molecule has 164 valence electrons. The summed E-state index contributed by atoms with van der Waals surface area (Å²) >= 11 is 0. The van der Waals surface area contributed by atoms with E-state index in [1.54, 1.807) is 0 Å². The van der Waals surface area contributed by atoms with Crippen molar-refractivity contribution in [1.82, 2.24) is 0 Å². The molecule has 4 heteroatoms. The predicted octanol–water partition coefficient (Wildman–Crippen LogP) is 7.90. The first-order chi connectivity index (χ1) is 13.1. The van der Waals surface area contributed by atoms with E-state index in [4.69, 9.17) is 13.3 Å². The van der Waals surface area contributed by atoms with Crippen molar-refractivity contribution < 1.29 is 13.3 Å². The van der Waals surface area contributed by atoms with Crippen LogP contribution in [0.2, 0.25) is 6.55 Å². The SMILES string of the molecule is CCCCCCCCCCCCCCCCC(C)O[Si](C)(OCC)OCC. The summed E-state index contributed by atoms with van der Waals surface area (Å²) in [5.41, 5.74) is 0. The molecular weight excluding hydrogens is 352 g/mol. The summed E-state index contributed by atoms with van der Waals surface area (Å²) in [6.07, 6.45) is 21.0. The molecule has 0 aliphatic heterocycles. The molecule has 0 aromatic heterocycles. The average molecular weight is 403 g/mol. The molecule has 0 aromatic carbocycles. The molecule has 0 fully saturated rings. The second-order valence-corrected chi connectivity index (χ2v) is 10.6. The summed E-state index contributed by atoms with van der Waals surface area (Å²) in [5.74, 6) is 0. The summed E-state index contributed by atoms with van der Waals surface area (Å²) in [5, 5.41) is 0. The zero-order valence-corrected chi connectivity index (χ0v) is 20.3. The van der Waals surface area contributed by atoms with E-state index in [9.17, 15) is 0 Å². The lowest BCUT2D eigenvalue weighted by atomic mass is 10.0. The van der Waals surface area contributed by atoms with Crippen molar-refractivity contribution in [3.8, 4) is 0 Å². The van der Waals surface area contributed by atoms with Crippen molar-refractivity contribution in [1.29, 1.82) is 0 Å². The molecule has 27 heavy (non-hydrogen) atoms. The van der Waals surface area contributed by atoms with Crippen LogP contribution in [0.1, 0.15) is 124 Å². The standard InChI is InChI=1S/C23H50O3Si/c1-6-9-10-11-12-13-14-15-16-17-18-19-20-21-22-23(4)26-27(5,24-7-2)25-8-3/h23H,6-22H2,1-5H3. The first-order valence-electron chi connectivity index (χ1n) is 12.0. The molecule has 0 saturated carbocycles. The normalized spacial score (nSPS) is 13.2. The smallest absolute Gasteiger partial charge is 0.374 e. The second-order valence-electron chi connectivity index (χ2n) is 8.04. The first kappa shape index (κ1) is 27.1. The average Bonchev–Trinajstić information content (AvgIpc) is 2.62. The summed E-state index contributed by atoms with van der Waals surface area (Å²) < 4.78 is 17.6. The molecule has 0 aliphatic carbocycles. The fourth-order valence-electron chi connectivity index (χ4n) is 3.68. The Bertz CT molecular complexity index is 293. The van der Waals surface area contributed by atoms with E-state index < -0.39 is 8.80 Å². The minimum absolute atomic E-state index is 0.233. The van der Waals surface area contributed by atoms with E-state index >= 15 is 0 Å². The Labute approximate surface area is 172 Å². The number of unbranched alkanes of at least 4 members (excludes halogenated alkanes) is 13. The molecule has 0 amide bonds. The Morgan fingerprint density at radius 2 is 0.963 bits per heavy atom. The van der Waals surface area contributed by atoms with Gasteiger partial charge in [0, 0.05) is 25.9 Å². The number of rotatable bonds is 21. The van der Waals surface area contributed by atoms with Crippen molar-refractivity contribution in [2.45, 2.75) is 137 Å². The van der Waals surface area contributed by atoms with Crippen LogP contribution in [0.5, 0.6) is 0 Å². The minimum atomic E-state index is -2.42. The van der Waals surface area contributed by atoms with Crippen LogP contribution in [0, 0.1) is 0 Å². The quantitative estimate of drug-likeness (QED) is 0.144. The third-order valence-electron chi connectivity index (χ3n) is 5.19. The molecule has 3 nitrogen and oxygen atoms in total. The fraction of sp³-hybridized carbons (Fsp3) is 1.00. The van der Waals surface area contributed by atoms with Gasteiger partial charge in [0.1, 0.15) is 0 Å². The molecule has 0 heterocycles. The highest BCUT2D eigenvalue weighted by molar-refractivity contribution is 6.59. The molecule has 0 saturated heterocycles. The Kier molecular flexibility index (Phi) is 19.5. The third-order valence-corrected chi connectivity index (χ3v) is 7.65. The van der Waals surface area contributed by atoms with Crippen molar-refractivity contribution >= 4 is 8.80 Å². The lowest BCUT2D eigenvalue weighted by Crippen LogP contribution is -2.45. The van der Waals surface area contributed by atoms with Crippen LogP contribution in [0.3, 0.4) is 0 Å². The van der Waals surface area contributed by atoms with Gasteiger partial charge in [-0.25, -0.2) is 0 Å². The highest BCUT2D eigenvalue weighted by Crippen LogP contribution is 2.17. The third kappa shape index (κ3) is 17.9. The Morgan fingerprint density at radius 3 is 1.33 bits per heavy atom. The van der Waals surface area contributed by atoms with Crippen LogP contribution in [0.4, 0.5) is 0 Å². The number of hydrogen-bond acceptors (Lipinski definition) is 3. The highest BCUT2D eigenvalue weighted by Gasteiger charge is 2.35. The van der Waals surface area contributed by atoms with Crippen LogP contribution in [-0.2, 0) is 13.3 Å². The number of hydrogen-bond donors (Lipinski definition) is 0. The monoisotopic (exact) mass is 402 g/mol. The molecule has 0 aromatic rings. The molecule has 0 radical (unpaired) electrons. The van der Waals surface area contributed by atoms with Crippen molar-refractivity contribution in [3.05, 3.63) is 0 Å². The molecule has 0 rings (SSSR count). The van der Waals surface area contributed by atoms with E-state index in [0.717, 1.165) is 6.42 Å². The maximum Gasteiger partial charge on any atom is 0.497 e. The van der Waals surface area contributed by atoms with Crippen LogP contribution in [0.15, 0.2) is 0 Å². The van der Waals surface area contributed by atoms with Gasteiger partial charge in [0.25, 0.3) is 0 Å². The first-order valence-corrected chi connectivity index (χ1v) is 14.3. The van der Waals surface area contributed by atoms with Crippen molar-refractivity contribution in [2.75, 3.05) is 13.2 Å². The lowest BCUT2D eigenvalue weighted by Gasteiger charge is -2.28. The topological polar surface area (TPSA) is 27.7 Å². The molecule has 0 aliphatic rings. The predicted molar refractivity (Wildman–Crippen MR) is 120 cm³/mol. The zero-order chi connectivity index (χ0) is 20.2. The van der Waals surface area contributed by atoms with E-state index in [0.29, 0.717) is 13.2 Å². The Morgan fingerprint density at radius 1 is 0.593 bits per heavy atom. The Hall–Kier alpha value is 0.0969. The van der Waals surface area contributed by atoms with Gasteiger partial charge in [-0.2, -0.15) is 0 Å². The van der Waals surface area contributed by atoms with Crippen molar-refractivity contribution in [3.63, 3.8) is 0 Å². The molecular formula is C23H50O3Si. The Balaban J connectivity index is 3.43. The maximum atomic E-state index is 6.13. The summed E-state index contributed by atoms with van der Waals surface area (Å²) in [6.45, 7) is 11.8. The van der Waals surface area contributed by atoms with Gasteiger partial charge in [0.05, 0.1) is 0 Å². The van der Waals surface area contributed by atoms with E-state index in [-0.39, 0.29) is 6.10 Å². The fourth-order valence-corrected chi connectivity index (χ4v) is 5.80. The second kappa shape index (κ2) is 19.4. The molecule has 1 unspecified atom stereocenters. The van der Waals surface area contributed by atoms with Gasteiger partial charge in [-0.05, 0) is 27.2 Å². The minimum Gasteiger partial charge on any atom is -0.374 e. The molecule has 0 bridgehead atoms. The molecule has 0 N–H and O–H groups in total. The van der Waals surface area contributed by atoms with E-state index in [1.807, 2.05) is 20.4 Å². The van der Waals surface area contributed by atoms with Crippen LogP contribution in [0.25, 0.3) is 0 Å². The van der Waals surface area contributed by atoms with Crippen LogP contribution >= 0.6 is 0 Å². The van der Waals surface area contributed by atoms with Crippen LogP contribution < -0.4 is 0 Å². The van der Waals surface area contributed by atoms with E-state index in [1.165, 1.54) is 89.9 Å². The van der Waals surface area contributed by atoms with Gasteiger partial charge in [0.2, 0.25) is 0 Å². The molecule has 1 atom stereocenters. The van der Waals surface area contributed by atoms with E-state index in [2.05, 4.69) is 13.8 Å². The summed E-state index contributed by atoms with van der Waals surface area (Å²) in [4.78, 5) is 0. The van der Waals surface area contributed by atoms with Gasteiger partial charge in [-0.3, -0.25) is 0 Å². The summed E-state index contributed by atoms with van der Waals surface area (Å²) in [6, 6.07) is 0. The van der Waals surface area contributed by atoms with Gasteiger partial charge in [-0.15, -0.1) is 0 Å². The lowest BCUT2D eigenvalue weighted by molar-refractivity contribution is 0.0407. The van der Waals surface area contributed by atoms with Gasteiger partial charge in [0.15, 0.2) is 0 Å². The molecule has 0 spiro atoms.